The number of nitrogens with one attached hydrogen (secondary N) is 1. The van der Waals surface area contributed by atoms with Crippen LogP contribution in [0.4, 0.5) is 0 Å². The Hall–Kier alpha value is -0.830. The third-order valence-corrected chi connectivity index (χ3v) is 2.26. The van der Waals surface area contributed by atoms with Crippen LogP contribution in [0.2, 0.25) is 0 Å². The lowest BCUT2D eigenvalue weighted by Crippen LogP contribution is -2.28. The quantitative estimate of drug-likeness (QED) is 0.716. The van der Waals surface area contributed by atoms with Crippen LogP contribution < -0.4 is 5.32 Å². The predicted molar refractivity (Wildman–Crippen MR) is 54.7 cm³/mol. The Kier molecular flexibility index (Phi) is 4.54. The van der Waals surface area contributed by atoms with Crippen molar-refractivity contribution in [2.75, 3.05) is 13.1 Å². The predicted octanol–water partition coefficient (Wildman–Crippen LogP) is 1.83. The largest absolute Gasteiger partial charge is 0.334 e. The summed E-state index contributed by atoms with van der Waals surface area (Å²) in [6, 6.07) is 0.679. The lowest BCUT2D eigenvalue weighted by molar-refractivity contribution is 0.368. The van der Waals surface area contributed by atoms with Gasteiger partial charge in [0.25, 0.3) is 0 Å². The summed E-state index contributed by atoms with van der Waals surface area (Å²) < 4.78 is 2.21. The van der Waals surface area contributed by atoms with Gasteiger partial charge in [-0.05, 0) is 25.9 Å². The van der Waals surface area contributed by atoms with Crippen LogP contribution in [-0.4, -0.2) is 22.6 Å². The van der Waals surface area contributed by atoms with Gasteiger partial charge in [0.2, 0.25) is 0 Å². The number of hydrogen-bond donors (Lipinski definition) is 1. The molecule has 0 atom stereocenters. The molecule has 1 saturated heterocycles. The maximum Gasteiger partial charge on any atom is 0.0948 e. The Bertz CT molecular complexity index is 200. The normalized spacial score (nSPS) is 17.7. The maximum atomic E-state index is 4.04. The van der Waals surface area contributed by atoms with Crippen molar-refractivity contribution < 1.29 is 0 Å². The smallest absolute Gasteiger partial charge is 0.0948 e. The van der Waals surface area contributed by atoms with Crippen molar-refractivity contribution in [3.8, 4) is 0 Å². The Labute approximate surface area is 80.2 Å². The summed E-state index contributed by atoms with van der Waals surface area (Å²) in [6.45, 7) is 6.28. The van der Waals surface area contributed by atoms with Crippen molar-refractivity contribution in [3.63, 3.8) is 0 Å². The molecule has 0 aliphatic carbocycles. The number of nitrogens with zero attached hydrogens (tertiary/aromatic N) is 2. The summed E-state index contributed by atoms with van der Waals surface area (Å²) >= 11 is 0. The first-order valence-corrected chi connectivity index (χ1v) is 5.15. The highest BCUT2D eigenvalue weighted by molar-refractivity contribution is 4.82. The Morgan fingerprint density at radius 2 is 2.00 bits per heavy atom. The minimum absolute atomic E-state index is 0.679. The molecule has 2 rings (SSSR count). The molecule has 3 nitrogen and oxygen atoms in total. The van der Waals surface area contributed by atoms with Gasteiger partial charge >= 0.3 is 0 Å². The minimum Gasteiger partial charge on any atom is -0.334 e. The average molecular weight is 181 g/mol. The second-order valence-corrected chi connectivity index (χ2v) is 2.99. The van der Waals surface area contributed by atoms with Crippen molar-refractivity contribution in [1.82, 2.24) is 14.9 Å². The van der Waals surface area contributed by atoms with E-state index in [1.54, 1.807) is 0 Å². The monoisotopic (exact) mass is 181 g/mol. The Balaban J connectivity index is 0.000000396. The van der Waals surface area contributed by atoms with Gasteiger partial charge < -0.3 is 9.88 Å². The molecule has 1 N–H and O–H groups in total. The van der Waals surface area contributed by atoms with E-state index >= 15 is 0 Å². The molecule has 1 fully saturated rings. The lowest BCUT2D eigenvalue weighted by Gasteiger charge is -2.23. The number of aromatic nitrogens is 2. The van der Waals surface area contributed by atoms with Crippen LogP contribution in [0.5, 0.6) is 0 Å². The molecule has 0 radical (unpaired) electrons. The van der Waals surface area contributed by atoms with Gasteiger partial charge in [-0.15, -0.1) is 0 Å². The fraction of sp³-hybridized carbons (Fsp3) is 0.700. The highest BCUT2D eigenvalue weighted by atomic mass is 15.1. The maximum absolute atomic E-state index is 4.04. The molecule has 13 heavy (non-hydrogen) atoms. The first-order chi connectivity index (χ1) is 6.47. The first-order valence-electron chi connectivity index (χ1n) is 5.15. The van der Waals surface area contributed by atoms with Gasteiger partial charge in [-0.2, -0.15) is 0 Å². The fourth-order valence-electron chi connectivity index (χ4n) is 1.59. The van der Waals surface area contributed by atoms with Crippen molar-refractivity contribution in [3.05, 3.63) is 18.7 Å². The van der Waals surface area contributed by atoms with E-state index in [0.29, 0.717) is 6.04 Å². The minimum atomic E-state index is 0.679. The summed E-state index contributed by atoms with van der Waals surface area (Å²) in [5.41, 5.74) is 0. The number of imidazole rings is 1. The molecular formula is C10H19N3. The summed E-state index contributed by atoms with van der Waals surface area (Å²) in [6.07, 6.45) is 8.28. The molecule has 1 aliphatic rings. The fourth-order valence-corrected chi connectivity index (χ4v) is 1.59. The number of rotatable bonds is 1. The van der Waals surface area contributed by atoms with Crippen LogP contribution in [0.25, 0.3) is 0 Å². The summed E-state index contributed by atoms with van der Waals surface area (Å²) in [5, 5.41) is 3.34. The van der Waals surface area contributed by atoms with Gasteiger partial charge in [0.15, 0.2) is 0 Å². The molecule has 0 unspecified atom stereocenters. The van der Waals surface area contributed by atoms with Crippen molar-refractivity contribution in [1.29, 1.82) is 0 Å². The lowest BCUT2D eigenvalue weighted by atomic mass is 10.1. The van der Waals surface area contributed by atoms with E-state index in [1.165, 1.54) is 12.8 Å². The van der Waals surface area contributed by atoms with Crippen LogP contribution in [0.3, 0.4) is 0 Å². The van der Waals surface area contributed by atoms with Gasteiger partial charge in [-0.25, -0.2) is 4.98 Å². The summed E-state index contributed by atoms with van der Waals surface area (Å²) in [7, 11) is 0. The highest BCUT2D eigenvalue weighted by Gasteiger charge is 2.12. The summed E-state index contributed by atoms with van der Waals surface area (Å²) in [4.78, 5) is 4.04. The molecular weight excluding hydrogens is 162 g/mol. The molecule has 1 aromatic rings. The van der Waals surface area contributed by atoms with Gasteiger partial charge in [-0.1, -0.05) is 13.8 Å². The van der Waals surface area contributed by atoms with Gasteiger partial charge in [-0.3, -0.25) is 0 Å². The van der Waals surface area contributed by atoms with Gasteiger partial charge in [0.05, 0.1) is 6.33 Å². The molecule has 0 saturated carbocycles. The van der Waals surface area contributed by atoms with E-state index in [0.717, 1.165) is 13.1 Å². The van der Waals surface area contributed by atoms with Crippen LogP contribution in [-0.2, 0) is 0 Å². The number of hydrogen-bond acceptors (Lipinski definition) is 2. The van der Waals surface area contributed by atoms with E-state index in [4.69, 9.17) is 0 Å². The SMILES string of the molecule is CC.c1cn(C2CCNCC2)cn1. The third kappa shape index (κ3) is 2.84. The van der Waals surface area contributed by atoms with Crippen molar-refractivity contribution >= 4 is 0 Å². The Morgan fingerprint density at radius 3 is 2.54 bits per heavy atom. The zero-order valence-electron chi connectivity index (χ0n) is 8.53. The van der Waals surface area contributed by atoms with Crippen molar-refractivity contribution in [2.45, 2.75) is 32.7 Å². The molecule has 0 bridgehead atoms. The van der Waals surface area contributed by atoms with E-state index in [-0.39, 0.29) is 0 Å². The van der Waals surface area contributed by atoms with Crippen LogP contribution in [0.15, 0.2) is 18.7 Å². The average Bonchev–Trinajstić information content (AvgIpc) is 2.75. The molecule has 0 aromatic carbocycles. The van der Waals surface area contributed by atoms with Crippen LogP contribution >= 0.6 is 0 Å². The van der Waals surface area contributed by atoms with E-state index in [1.807, 2.05) is 26.4 Å². The van der Waals surface area contributed by atoms with Crippen LogP contribution in [0.1, 0.15) is 32.7 Å². The standard InChI is InChI=1S/C8H13N3.C2H6/c1-3-9-4-2-8(1)11-6-5-10-7-11;1-2/h5-9H,1-4H2;1-2H3. The molecule has 1 aliphatic heterocycles. The number of piperidine rings is 1. The van der Waals surface area contributed by atoms with E-state index in [9.17, 15) is 0 Å². The molecule has 1 aromatic heterocycles. The zero-order valence-corrected chi connectivity index (χ0v) is 8.53. The summed E-state index contributed by atoms with van der Waals surface area (Å²) in [5.74, 6) is 0. The van der Waals surface area contributed by atoms with E-state index < -0.39 is 0 Å². The topological polar surface area (TPSA) is 29.9 Å². The van der Waals surface area contributed by atoms with Crippen molar-refractivity contribution in [2.24, 2.45) is 0 Å². The van der Waals surface area contributed by atoms with Gasteiger partial charge in [0, 0.05) is 18.4 Å². The second kappa shape index (κ2) is 5.75. The molecule has 0 spiro atoms. The third-order valence-electron chi connectivity index (χ3n) is 2.26. The molecule has 3 heteroatoms. The van der Waals surface area contributed by atoms with Crippen LogP contribution in [0, 0.1) is 0 Å². The molecule has 2 heterocycles. The zero-order chi connectivity index (χ0) is 9.52. The van der Waals surface area contributed by atoms with E-state index in [2.05, 4.69) is 21.1 Å². The van der Waals surface area contributed by atoms with Gasteiger partial charge in [0.1, 0.15) is 0 Å². The second-order valence-electron chi connectivity index (χ2n) is 2.99. The highest BCUT2D eigenvalue weighted by Crippen LogP contribution is 2.16. The first kappa shape index (κ1) is 10.3. The molecule has 74 valence electrons. The molecule has 0 amide bonds. The Morgan fingerprint density at radius 1 is 1.31 bits per heavy atom.